The predicted octanol–water partition coefficient (Wildman–Crippen LogP) is 3.58. The van der Waals surface area contributed by atoms with E-state index in [2.05, 4.69) is 20.5 Å². The SMILES string of the molecule is Cc1ccc(NC(=O)[C@@H]2CCCN(C(=O)c3cc(-c4ccncc4)n[nH]3)C2)c(C)c1. The second-order valence-corrected chi connectivity index (χ2v) is 7.80. The van der Waals surface area contributed by atoms with Crippen LogP contribution < -0.4 is 5.32 Å². The smallest absolute Gasteiger partial charge is 0.271 e. The van der Waals surface area contributed by atoms with Crippen LogP contribution in [0, 0.1) is 19.8 Å². The van der Waals surface area contributed by atoms with E-state index in [4.69, 9.17) is 0 Å². The molecule has 0 radical (unpaired) electrons. The summed E-state index contributed by atoms with van der Waals surface area (Å²) in [6, 6.07) is 11.4. The van der Waals surface area contributed by atoms with Crippen LogP contribution in [0.3, 0.4) is 0 Å². The maximum atomic E-state index is 13.0. The Hall–Kier alpha value is -3.48. The number of aromatic nitrogens is 3. The molecular formula is C23H25N5O2. The highest BCUT2D eigenvalue weighted by atomic mass is 16.2. The fourth-order valence-electron chi connectivity index (χ4n) is 3.84. The molecular weight excluding hydrogens is 378 g/mol. The average Bonchev–Trinajstić information content (AvgIpc) is 3.26. The highest BCUT2D eigenvalue weighted by Gasteiger charge is 2.30. The van der Waals surface area contributed by atoms with Gasteiger partial charge in [0, 0.05) is 36.7 Å². The number of carbonyl (C=O) groups is 2. The average molecular weight is 403 g/mol. The van der Waals surface area contributed by atoms with Gasteiger partial charge < -0.3 is 10.2 Å². The predicted molar refractivity (Wildman–Crippen MR) is 115 cm³/mol. The number of benzene rings is 1. The molecule has 30 heavy (non-hydrogen) atoms. The number of nitrogens with one attached hydrogen (secondary N) is 2. The Morgan fingerprint density at radius 1 is 1.13 bits per heavy atom. The Morgan fingerprint density at radius 3 is 2.70 bits per heavy atom. The minimum Gasteiger partial charge on any atom is -0.337 e. The Balaban J connectivity index is 1.43. The van der Waals surface area contributed by atoms with E-state index in [0.717, 1.165) is 35.2 Å². The maximum absolute atomic E-state index is 13.0. The normalized spacial score (nSPS) is 16.3. The molecule has 1 aliphatic rings. The zero-order valence-electron chi connectivity index (χ0n) is 17.2. The summed E-state index contributed by atoms with van der Waals surface area (Å²) in [7, 11) is 0. The number of amides is 2. The molecule has 7 heteroatoms. The van der Waals surface area contributed by atoms with E-state index in [9.17, 15) is 9.59 Å². The van der Waals surface area contributed by atoms with Crippen LogP contribution in [0.5, 0.6) is 0 Å². The second-order valence-electron chi connectivity index (χ2n) is 7.80. The number of pyridine rings is 1. The summed E-state index contributed by atoms with van der Waals surface area (Å²) in [4.78, 5) is 31.5. The molecule has 0 saturated carbocycles. The van der Waals surface area contributed by atoms with Crippen LogP contribution in [0.2, 0.25) is 0 Å². The highest BCUT2D eigenvalue weighted by molar-refractivity contribution is 5.96. The van der Waals surface area contributed by atoms with Crippen molar-refractivity contribution in [2.75, 3.05) is 18.4 Å². The summed E-state index contributed by atoms with van der Waals surface area (Å²) >= 11 is 0. The van der Waals surface area contributed by atoms with Gasteiger partial charge in [-0.05, 0) is 56.5 Å². The first-order valence-corrected chi connectivity index (χ1v) is 10.1. The van der Waals surface area contributed by atoms with Crippen LogP contribution in [0.4, 0.5) is 5.69 Å². The third kappa shape index (κ3) is 4.25. The Kier molecular flexibility index (Phi) is 5.61. The van der Waals surface area contributed by atoms with Crippen molar-refractivity contribution in [3.05, 3.63) is 65.6 Å². The Labute approximate surface area is 175 Å². The number of carbonyl (C=O) groups excluding carboxylic acids is 2. The van der Waals surface area contributed by atoms with Crippen molar-refractivity contribution >= 4 is 17.5 Å². The summed E-state index contributed by atoms with van der Waals surface area (Å²) < 4.78 is 0. The third-order valence-electron chi connectivity index (χ3n) is 5.50. The van der Waals surface area contributed by atoms with Gasteiger partial charge in [0.1, 0.15) is 5.69 Å². The minimum absolute atomic E-state index is 0.0402. The van der Waals surface area contributed by atoms with Gasteiger partial charge in [0.15, 0.2) is 0 Å². The number of piperidine rings is 1. The first kappa shape index (κ1) is 19.8. The molecule has 0 bridgehead atoms. The maximum Gasteiger partial charge on any atom is 0.271 e. The van der Waals surface area contributed by atoms with Gasteiger partial charge in [-0.1, -0.05) is 17.7 Å². The van der Waals surface area contributed by atoms with Gasteiger partial charge in [-0.15, -0.1) is 0 Å². The van der Waals surface area contributed by atoms with Crippen molar-refractivity contribution in [3.63, 3.8) is 0 Å². The Bertz CT molecular complexity index is 1060. The zero-order valence-corrected chi connectivity index (χ0v) is 17.2. The minimum atomic E-state index is -0.231. The number of hydrogen-bond donors (Lipinski definition) is 2. The zero-order chi connectivity index (χ0) is 21.1. The van der Waals surface area contributed by atoms with Gasteiger partial charge in [-0.2, -0.15) is 5.10 Å². The monoisotopic (exact) mass is 403 g/mol. The van der Waals surface area contributed by atoms with Gasteiger partial charge in [0.05, 0.1) is 11.6 Å². The van der Waals surface area contributed by atoms with Crippen molar-refractivity contribution in [1.29, 1.82) is 0 Å². The quantitative estimate of drug-likeness (QED) is 0.697. The number of rotatable bonds is 4. The van der Waals surface area contributed by atoms with Crippen molar-refractivity contribution in [2.45, 2.75) is 26.7 Å². The summed E-state index contributed by atoms with van der Waals surface area (Å²) in [5.41, 5.74) is 5.03. The van der Waals surface area contributed by atoms with E-state index < -0.39 is 0 Å². The molecule has 3 aromatic rings. The van der Waals surface area contributed by atoms with Crippen molar-refractivity contribution < 1.29 is 9.59 Å². The number of aryl methyl sites for hydroxylation is 2. The lowest BCUT2D eigenvalue weighted by Gasteiger charge is -2.31. The molecule has 0 aliphatic carbocycles. The molecule has 2 N–H and O–H groups in total. The number of anilines is 1. The summed E-state index contributed by atoms with van der Waals surface area (Å²) in [5.74, 6) is -0.403. The van der Waals surface area contributed by atoms with E-state index in [1.807, 2.05) is 44.2 Å². The number of nitrogens with zero attached hydrogens (tertiary/aromatic N) is 3. The van der Waals surface area contributed by atoms with Crippen LogP contribution in [0.25, 0.3) is 11.3 Å². The second kappa shape index (κ2) is 8.49. The molecule has 0 spiro atoms. The van der Waals surface area contributed by atoms with Crippen LogP contribution in [-0.2, 0) is 4.79 Å². The molecule has 1 aromatic carbocycles. The van der Waals surface area contributed by atoms with E-state index in [1.54, 1.807) is 23.4 Å². The third-order valence-corrected chi connectivity index (χ3v) is 5.50. The van der Waals surface area contributed by atoms with Crippen LogP contribution in [0.1, 0.15) is 34.5 Å². The van der Waals surface area contributed by atoms with Gasteiger partial charge in [-0.25, -0.2) is 0 Å². The van der Waals surface area contributed by atoms with Gasteiger partial charge in [0.25, 0.3) is 5.91 Å². The van der Waals surface area contributed by atoms with Gasteiger partial charge in [-0.3, -0.25) is 19.7 Å². The van der Waals surface area contributed by atoms with E-state index >= 15 is 0 Å². The number of hydrogen-bond acceptors (Lipinski definition) is 4. The largest absolute Gasteiger partial charge is 0.337 e. The van der Waals surface area contributed by atoms with E-state index in [-0.39, 0.29) is 17.7 Å². The van der Waals surface area contributed by atoms with Crippen LogP contribution >= 0.6 is 0 Å². The summed E-state index contributed by atoms with van der Waals surface area (Å²) in [6.45, 7) is 5.05. The molecule has 1 fully saturated rings. The van der Waals surface area contributed by atoms with Gasteiger partial charge >= 0.3 is 0 Å². The molecule has 1 atom stereocenters. The molecule has 1 saturated heterocycles. The molecule has 2 amide bonds. The molecule has 154 valence electrons. The fourth-order valence-corrected chi connectivity index (χ4v) is 3.84. The van der Waals surface area contributed by atoms with Gasteiger partial charge in [0.2, 0.25) is 5.91 Å². The highest BCUT2D eigenvalue weighted by Crippen LogP contribution is 2.23. The number of H-pyrrole nitrogens is 1. The molecule has 2 aromatic heterocycles. The summed E-state index contributed by atoms with van der Waals surface area (Å²) in [6.07, 6.45) is 4.94. The topological polar surface area (TPSA) is 91.0 Å². The lowest BCUT2D eigenvalue weighted by molar-refractivity contribution is -0.121. The van der Waals surface area contributed by atoms with E-state index in [1.165, 1.54) is 0 Å². The Morgan fingerprint density at radius 2 is 1.93 bits per heavy atom. The molecule has 7 nitrogen and oxygen atoms in total. The van der Waals surface area contributed by atoms with Crippen molar-refractivity contribution in [2.24, 2.45) is 5.92 Å². The molecule has 0 unspecified atom stereocenters. The van der Waals surface area contributed by atoms with E-state index in [0.29, 0.717) is 24.5 Å². The van der Waals surface area contributed by atoms with Crippen LogP contribution in [-0.4, -0.2) is 45.0 Å². The molecule has 3 heterocycles. The lowest BCUT2D eigenvalue weighted by atomic mass is 9.96. The first-order valence-electron chi connectivity index (χ1n) is 10.1. The molecule has 1 aliphatic heterocycles. The van der Waals surface area contributed by atoms with Crippen molar-refractivity contribution in [3.8, 4) is 11.3 Å². The standard InChI is InChI=1S/C23H25N5O2/c1-15-5-6-19(16(2)12-15)25-22(29)18-4-3-11-28(14-18)23(30)21-13-20(26-27-21)17-7-9-24-10-8-17/h5-10,12-13,18H,3-4,11,14H2,1-2H3,(H,25,29)(H,26,27)/t18-/m1/s1. The fraction of sp³-hybridized carbons (Fsp3) is 0.304. The molecule has 4 rings (SSSR count). The lowest BCUT2D eigenvalue weighted by Crippen LogP contribution is -2.44. The van der Waals surface area contributed by atoms with Crippen molar-refractivity contribution in [1.82, 2.24) is 20.1 Å². The summed E-state index contributed by atoms with van der Waals surface area (Å²) in [5, 5.41) is 10.1. The number of aromatic amines is 1. The number of likely N-dealkylation sites (tertiary alicyclic amines) is 1. The first-order chi connectivity index (χ1) is 14.5. The van der Waals surface area contributed by atoms with Crippen LogP contribution in [0.15, 0.2) is 48.8 Å².